The molecule has 1 heterocycles. The highest BCUT2D eigenvalue weighted by Gasteiger charge is 2.16. The first-order valence-corrected chi connectivity index (χ1v) is 8.23. The van der Waals surface area contributed by atoms with Crippen LogP contribution in [0, 0.1) is 0 Å². The minimum absolute atomic E-state index is 0.276. The molecule has 5 nitrogen and oxygen atoms in total. The Kier molecular flexibility index (Phi) is 4.72. The van der Waals surface area contributed by atoms with Gasteiger partial charge in [-0.15, -0.1) is 5.10 Å². The number of hydrogen-bond acceptors (Lipinski definition) is 5. The highest BCUT2D eigenvalue weighted by atomic mass is 33.1. The van der Waals surface area contributed by atoms with Crippen molar-refractivity contribution in [2.75, 3.05) is 0 Å². The molecule has 0 atom stereocenters. The molecule has 0 aliphatic carbocycles. The van der Waals surface area contributed by atoms with Gasteiger partial charge in [0, 0.05) is 10.4 Å². The maximum absolute atomic E-state index is 11.9. The molecule has 106 valence electrons. The van der Waals surface area contributed by atoms with Crippen LogP contribution in [0.3, 0.4) is 0 Å². The van der Waals surface area contributed by atoms with Crippen molar-refractivity contribution < 1.29 is 4.79 Å². The minimum Gasteiger partial charge on any atom is -0.332 e. The summed E-state index contributed by atoms with van der Waals surface area (Å²) in [5, 5.41) is 7.53. The number of benzene rings is 1. The molecular formula is C13H16N4OS2. The van der Waals surface area contributed by atoms with Crippen LogP contribution < -0.4 is 5.32 Å². The quantitative estimate of drug-likeness (QED) is 0.880. The monoisotopic (exact) mass is 308 g/mol. The lowest BCUT2D eigenvalue weighted by molar-refractivity contribution is 0.230. The van der Waals surface area contributed by atoms with Crippen LogP contribution in [0.4, 0.5) is 4.79 Å². The number of amides is 1. The highest BCUT2D eigenvalue weighted by molar-refractivity contribution is 8.76. The molecular weight excluding hydrogens is 292 g/mol. The lowest BCUT2D eigenvalue weighted by Crippen LogP contribution is -2.43. The molecule has 1 N–H and O–H groups in total. The first-order valence-electron chi connectivity index (χ1n) is 6.08. The molecule has 1 aromatic carbocycles. The molecule has 0 saturated carbocycles. The summed E-state index contributed by atoms with van der Waals surface area (Å²) in [5.74, 6) is 0. The zero-order chi connectivity index (χ0) is 14.6. The van der Waals surface area contributed by atoms with Crippen LogP contribution >= 0.6 is 21.6 Å². The summed E-state index contributed by atoms with van der Waals surface area (Å²) in [6, 6.07) is 9.68. The second-order valence-electron chi connectivity index (χ2n) is 5.13. The Morgan fingerprint density at radius 1 is 1.20 bits per heavy atom. The van der Waals surface area contributed by atoms with Gasteiger partial charge in [-0.25, -0.2) is 9.78 Å². The van der Waals surface area contributed by atoms with Crippen molar-refractivity contribution in [1.29, 1.82) is 0 Å². The Morgan fingerprint density at radius 3 is 2.55 bits per heavy atom. The molecule has 2 rings (SSSR count). The van der Waals surface area contributed by atoms with Gasteiger partial charge in [0.25, 0.3) is 0 Å². The normalized spacial score (nSPS) is 11.3. The predicted octanol–water partition coefficient (Wildman–Crippen LogP) is 3.43. The fourth-order valence-electron chi connectivity index (χ4n) is 1.32. The van der Waals surface area contributed by atoms with Crippen molar-refractivity contribution in [2.45, 2.75) is 36.4 Å². The van der Waals surface area contributed by atoms with Gasteiger partial charge >= 0.3 is 6.03 Å². The Morgan fingerprint density at radius 2 is 1.90 bits per heavy atom. The van der Waals surface area contributed by atoms with Crippen molar-refractivity contribution in [3.05, 3.63) is 36.7 Å². The molecule has 7 heteroatoms. The number of rotatable bonds is 3. The van der Waals surface area contributed by atoms with E-state index in [0.29, 0.717) is 5.16 Å². The Bertz CT molecular complexity index is 578. The zero-order valence-electron chi connectivity index (χ0n) is 11.5. The Balaban J connectivity index is 1.94. The number of carbonyl (C=O) groups is 1. The van der Waals surface area contributed by atoms with Crippen molar-refractivity contribution in [2.24, 2.45) is 0 Å². The van der Waals surface area contributed by atoms with Gasteiger partial charge in [0.1, 0.15) is 6.33 Å². The van der Waals surface area contributed by atoms with Gasteiger partial charge < -0.3 is 5.32 Å². The van der Waals surface area contributed by atoms with Crippen LogP contribution in [-0.2, 0) is 0 Å². The van der Waals surface area contributed by atoms with Gasteiger partial charge in [-0.05, 0) is 54.5 Å². The van der Waals surface area contributed by atoms with Gasteiger partial charge in [-0.1, -0.05) is 18.2 Å². The van der Waals surface area contributed by atoms with Gasteiger partial charge in [0.15, 0.2) is 0 Å². The van der Waals surface area contributed by atoms with E-state index in [1.54, 1.807) is 10.8 Å². The average molecular weight is 308 g/mol. The molecule has 0 aliphatic rings. The van der Waals surface area contributed by atoms with Crippen molar-refractivity contribution in [1.82, 2.24) is 20.1 Å². The van der Waals surface area contributed by atoms with Crippen LogP contribution in [0.1, 0.15) is 20.8 Å². The van der Waals surface area contributed by atoms with Crippen molar-refractivity contribution >= 4 is 27.6 Å². The standard InChI is InChI=1S/C13H16N4OS2/c1-13(2,3)15-12(18)17-9-14-11(16-17)20-19-10-7-5-4-6-8-10/h4-9H,1-3H3,(H,15,18). The third-order valence-corrected chi connectivity index (χ3v) is 4.28. The Hall–Kier alpha value is -1.47. The third-order valence-electron chi connectivity index (χ3n) is 2.12. The zero-order valence-corrected chi connectivity index (χ0v) is 13.2. The SMILES string of the molecule is CC(C)(C)NC(=O)n1cnc(SSc2ccccc2)n1. The average Bonchev–Trinajstić information content (AvgIpc) is 2.84. The molecule has 0 fully saturated rings. The summed E-state index contributed by atoms with van der Waals surface area (Å²) < 4.78 is 1.22. The summed E-state index contributed by atoms with van der Waals surface area (Å²) in [6.07, 6.45) is 1.43. The molecule has 0 saturated heterocycles. The van der Waals surface area contributed by atoms with E-state index in [1.807, 2.05) is 51.1 Å². The Labute approximate surface area is 125 Å². The summed E-state index contributed by atoms with van der Waals surface area (Å²) in [4.78, 5) is 17.1. The summed E-state index contributed by atoms with van der Waals surface area (Å²) in [5.41, 5.74) is -0.296. The first-order chi connectivity index (χ1) is 9.44. The maximum Gasteiger partial charge on any atom is 0.344 e. The van der Waals surface area contributed by atoms with Crippen LogP contribution in [0.2, 0.25) is 0 Å². The third kappa shape index (κ3) is 4.57. The molecule has 0 aliphatic heterocycles. The topological polar surface area (TPSA) is 59.8 Å². The van der Waals surface area contributed by atoms with Crippen molar-refractivity contribution in [3.63, 3.8) is 0 Å². The molecule has 0 spiro atoms. The van der Waals surface area contributed by atoms with E-state index in [0.717, 1.165) is 4.90 Å². The smallest absolute Gasteiger partial charge is 0.332 e. The lowest BCUT2D eigenvalue weighted by atomic mass is 10.1. The number of nitrogens with one attached hydrogen (secondary N) is 1. The van der Waals surface area contributed by atoms with E-state index >= 15 is 0 Å². The van der Waals surface area contributed by atoms with Crippen LogP contribution in [0.15, 0.2) is 46.7 Å². The van der Waals surface area contributed by atoms with Crippen LogP contribution in [-0.4, -0.2) is 26.3 Å². The van der Waals surface area contributed by atoms with E-state index in [1.165, 1.54) is 21.8 Å². The summed E-state index contributed by atoms with van der Waals surface area (Å²) in [6.45, 7) is 5.76. The predicted molar refractivity (Wildman–Crippen MR) is 81.9 cm³/mol. The molecule has 0 bridgehead atoms. The molecule has 1 amide bonds. The first kappa shape index (κ1) is 14.9. The van der Waals surface area contributed by atoms with Gasteiger partial charge in [-0.3, -0.25) is 0 Å². The largest absolute Gasteiger partial charge is 0.344 e. The number of hydrogen-bond donors (Lipinski definition) is 1. The van der Waals surface area contributed by atoms with E-state index in [4.69, 9.17) is 0 Å². The molecule has 1 aromatic heterocycles. The van der Waals surface area contributed by atoms with E-state index in [9.17, 15) is 4.79 Å². The summed E-state index contributed by atoms with van der Waals surface area (Å²) in [7, 11) is 2.98. The molecule has 0 unspecified atom stereocenters. The maximum atomic E-state index is 11.9. The fourth-order valence-corrected chi connectivity index (χ4v) is 3.05. The second kappa shape index (κ2) is 6.32. The number of carbonyl (C=O) groups excluding carboxylic acids is 1. The van der Waals surface area contributed by atoms with Crippen LogP contribution in [0.25, 0.3) is 0 Å². The number of nitrogens with zero attached hydrogens (tertiary/aromatic N) is 3. The van der Waals surface area contributed by atoms with Crippen molar-refractivity contribution in [3.8, 4) is 0 Å². The lowest BCUT2D eigenvalue weighted by Gasteiger charge is -2.19. The van der Waals surface area contributed by atoms with E-state index in [-0.39, 0.29) is 11.6 Å². The molecule has 20 heavy (non-hydrogen) atoms. The molecule has 0 radical (unpaired) electrons. The van der Waals surface area contributed by atoms with Gasteiger partial charge in [0.05, 0.1) is 0 Å². The van der Waals surface area contributed by atoms with Gasteiger partial charge in [0.2, 0.25) is 5.16 Å². The second-order valence-corrected chi connectivity index (χ2v) is 7.30. The van der Waals surface area contributed by atoms with E-state index < -0.39 is 0 Å². The van der Waals surface area contributed by atoms with E-state index in [2.05, 4.69) is 15.4 Å². The highest BCUT2D eigenvalue weighted by Crippen LogP contribution is 2.34. The fraction of sp³-hybridized carbons (Fsp3) is 0.308. The molecule has 2 aromatic rings. The number of aromatic nitrogens is 3. The minimum atomic E-state index is -0.296. The van der Waals surface area contributed by atoms with Gasteiger partial charge in [-0.2, -0.15) is 4.68 Å². The van der Waals surface area contributed by atoms with Crippen LogP contribution in [0.5, 0.6) is 0 Å². The summed E-state index contributed by atoms with van der Waals surface area (Å²) >= 11 is 0.